The number of methoxy groups -OCH3 is 4. The normalized spacial score (nSPS) is 31.7. The molecule has 13 nitrogen and oxygen atoms in total. The number of esters is 1. The van der Waals surface area contributed by atoms with Gasteiger partial charge >= 0.3 is 5.97 Å². The van der Waals surface area contributed by atoms with Gasteiger partial charge in [0.05, 0.1) is 46.0 Å². The Bertz CT molecular complexity index is 1570. The monoisotopic (exact) mass is 654 g/mol. The van der Waals surface area contributed by atoms with Gasteiger partial charge in [0.2, 0.25) is 6.29 Å². The van der Waals surface area contributed by atoms with E-state index < -0.39 is 66.5 Å². The largest absolute Gasteiger partial charge is 0.497 e. The van der Waals surface area contributed by atoms with Crippen LogP contribution in [0.5, 0.6) is 23.0 Å². The summed E-state index contributed by atoms with van der Waals surface area (Å²) in [5.74, 6) is -2.05. The van der Waals surface area contributed by atoms with Crippen molar-refractivity contribution in [2.45, 2.75) is 48.0 Å². The van der Waals surface area contributed by atoms with Crippen LogP contribution in [0.15, 0.2) is 66.7 Å². The molecule has 0 amide bonds. The molecule has 252 valence electrons. The van der Waals surface area contributed by atoms with Crippen LogP contribution in [0, 0.1) is 5.92 Å². The molecule has 0 aromatic heterocycles. The lowest BCUT2D eigenvalue weighted by molar-refractivity contribution is -0.324. The van der Waals surface area contributed by atoms with Crippen molar-refractivity contribution < 1.29 is 63.1 Å². The summed E-state index contributed by atoms with van der Waals surface area (Å²) in [6.07, 6.45) is -6.03. The molecule has 6 rings (SSSR count). The van der Waals surface area contributed by atoms with E-state index in [0.29, 0.717) is 16.9 Å². The quantitative estimate of drug-likeness (QED) is 0.233. The lowest BCUT2D eigenvalue weighted by atomic mass is 9.70. The molecule has 1 aliphatic carbocycles. The van der Waals surface area contributed by atoms with Gasteiger partial charge in [-0.05, 0) is 23.3 Å². The van der Waals surface area contributed by atoms with Gasteiger partial charge in [-0.3, -0.25) is 4.79 Å². The van der Waals surface area contributed by atoms with Crippen molar-refractivity contribution in [1.29, 1.82) is 0 Å². The highest BCUT2D eigenvalue weighted by molar-refractivity contribution is 5.78. The van der Waals surface area contributed by atoms with E-state index in [4.69, 9.17) is 37.9 Å². The molecule has 13 heteroatoms. The first kappa shape index (κ1) is 33.0. The Morgan fingerprint density at radius 3 is 2.32 bits per heavy atom. The highest BCUT2D eigenvalue weighted by Gasteiger charge is 2.78. The number of carbonyl (C=O) groups is 1. The van der Waals surface area contributed by atoms with Gasteiger partial charge in [-0.15, -0.1) is 0 Å². The molecule has 0 spiro atoms. The van der Waals surface area contributed by atoms with Crippen LogP contribution >= 0.6 is 0 Å². The van der Waals surface area contributed by atoms with Crippen LogP contribution in [0.2, 0.25) is 0 Å². The summed E-state index contributed by atoms with van der Waals surface area (Å²) >= 11 is 0. The van der Waals surface area contributed by atoms with Crippen LogP contribution in [-0.2, 0) is 34.9 Å². The third kappa shape index (κ3) is 5.10. The molecule has 2 unspecified atom stereocenters. The molecule has 47 heavy (non-hydrogen) atoms. The van der Waals surface area contributed by atoms with E-state index in [9.17, 15) is 25.2 Å². The Balaban J connectivity index is 1.52. The van der Waals surface area contributed by atoms with Crippen LogP contribution in [0.4, 0.5) is 0 Å². The van der Waals surface area contributed by atoms with Crippen molar-refractivity contribution in [3.8, 4) is 23.0 Å². The first-order valence-electron chi connectivity index (χ1n) is 15.0. The van der Waals surface area contributed by atoms with Gasteiger partial charge in [0.15, 0.2) is 11.2 Å². The first-order chi connectivity index (χ1) is 22.7. The van der Waals surface area contributed by atoms with Crippen LogP contribution in [0.1, 0.15) is 22.6 Å². The topological polar surface area (TPSA) is 172 Å². The van der Waals surface area contributed by atoms with Crippen molar-refractivity contribution in [1.82, 2.24) is 0 Å². The molecule has 3 aromatic rings. The number of aliphatic hydroxyl groups is 4. The van der Waals surface area contributed by atoms with E-state index in [-0.39, 0.29) is 29.4 Å². The van der Waals surface area contributed by atoms with Crippen LogP contribution in [0.25, 0.3) is 0 Å². The lowest BCUT2D eigenvalue weighted by Gasteiger charge is -2.40. The molecular weight excluding hydrogens is 616 g/mol. The number of benzene rings is 3. The number of fused-ring (bicyclic) bond motifs is 3. The number of hydrogen-bond acceptors (Lipinski definition) is 13. The van der Waals surface area contributed by atoms with Gasteiger partial charge < -0.3 is 58.3 Å². The van der Waals surface area contributed by atoms with Crippen molar-refractivity contribution in [2.24, 2.45) is 5.92 Å². The molecule has 2 heterocycles. The van der Waals surface area contributed by atoms with Crippen molar-refractivity contribution in [3.63, 3.8) is 0 Å². The number of rotatable bonds is 10. The van der Waals surface area contributed by atoms with E-state index in [0.717, 1.165) is 0 Å². The van der Waals surface area contributed by atoms with Gasteiger partial charge in [-0.1, -0.05) is 42.5 Å². The number of hydrogen-bond donors (Lipinski definition) is 4. The summed E-state index contributed by atoms with van der Waals surface area (Å²) in [5.41, 5.74) is -2.88. The fourth-order valence-corrected chi connectivity index (χ4v) is 7.11. The molecular formula is C34H38O13. The number of aliphatic hydroxyl groups excluding tert-OH is 3. The fraction of sp³-hybridized carbons (Fsp3) is 0.441. The first-order valence-corrected chi connectivity index (χ1v) is 15.0. The Morgan fingerprint density at radius 1 is 0.979 bits per heavy atom. The Labute approximate surface area is 271 Å². The molecule has 0 radical (unpaired) electrons. The third-order valence-corrected chi connectivity index (χ3v) is 9.25. The second kappa shape index (κ2) is 12.9. The van der Waals surface area contributed by atoms with E-state index in [2.05, 4.69) is 0 Å². The van der Waals surface area contributed by atoms with Gasteiger partial charge in [0.1, 0.15) is 41.3 Å². The molecule has 1 saturated carbocycles. The summed E-state index contributed by atoms with van der Waals surface area (Å²) in [6.45, 7) is -0.601. The molecule has 4 N–H and O–H groups in total. The molecule has 1 saturated heterocycles. The highest BCUT2D eigenvalue weighted by atomic mass is 16.8. The zero-order chi connectivity index (χ0) is 33.5. The third-order valence-electron chi connectivity index (χ3n) is 9.25. The second-order valence-corrected chi connectivity index (χ2v) is 11.6. The minimum Gasteiger partial charge on any atom is -0.497 e. The average molecular weight is 655 g/mol. The Hall–Kier alpha value is -3.95. The molecule has 2 fully saturated rings. The van der Waals surface area contributed by atoms with Crippen LogP contribution in [-0.4, -0.2) is 98.9 Å². The molecule has 9 atom stereocenters. The Kier molecular flexibility index (Phi) is 9.06. The number of carbonyl (C=O) groups excluding carboxylic acids is 1. The zero-order valence-electron chi connectivity index (χ0n) is 26.3. The Morgan fingerprint density at radius 2 is 1.70 bits per heavy atom. The molecule has 0 bridgehead atoms. The summed E-state index contributed by atoms with van der Waals surface area (Å²) in [4.78, 5) is 13.5. The molecule has 2 aliphatic heterocycles. The predicted octanol–water partition coefficient (Wildman–Crippen LogP) is 1.57. The van der Waals surface area contributed by atoms with Gasteiger partial charge in [0.25, 0.3) is 6.29 Å². The minimum atomic E-state index is -2.25. The van der Waals surface area contributed by atoms with Crippen LogP contribution in [0.3, 0.4) is 0 Å². The molecule has 3 aliphatic rings. The SMILES string of the molecule is COC(=O)[C@H]1[C@@H](O)[C@@]2(O)c3c(OC)cc(OC4O[C@@H](C(O)CO)CO[C@H]4OC)cc3O[C@@]2(c2ccc(OC)cc2)[C@@H]1c1ccccc1. The maximum absolute atomic E-state index is 13.5. The molecule has 3 aromatic carbocycles. The van der Waals surface area contributed by atoms with Gasteiger partial charge in [0, 0.05) is 25.2 Å². The van der Waals surface area contributed by atoms with Crippen molar-refractivity contribution >= 4 is 5.97 Å². The van der Waals surface area contributed by atoms with Crippen LogP contribution < -0.4 is 18.9 Å². The van der Waals surface area contributed by atoms with E-state index in [1.54, 1.807) is 48.5 Å². The van der Waals surface area contributed by atoms with E-state index >= 15 is 0 Å². The maximum atomic E-state index is 13.5. The van der Waals surface area contributed by atoms with E-state index in [1.165, 1.54) is 40.6 Å². The summed E-state index contributed by atoms with van der Waals surface area (Å²) in [6, 6.07) is 18.8. The average Bonchev–Trinajstić information content (AvgIpc) is 3.49. The summed E-state index contributed by atoms with van der Waals surface area (Å²) in [5, 5.41) is 44.7. The fourth-order valence-electron chi connectivity index (χ4n) is 7.11. The van der Waals surface area contributed by atoms with Crippen molar-refractivity contribution in [3.05, 3.63) is 83.4 Å². The standard InChI is InChI=1S/C34H38O13/c1-40-20-12-10-19(11-13-20)34-27(18-8-6-5-7-9-18)26(30(38)42-3)29(37)33(34,39)28-23(41-2)14-21(15-24(28)47-34)45-32-31(43-4)44-17-25(46-32)22(36)16-35/h5-15,22,25-27,29,31-32,35-37,39H,16-17H2,1-4H3/t22?,25-,26-,27-,29-,31-,32?,33+,34+/m1/s1. The summed E-state index contributed by atoms with van der Waals surface area (Å²) < 4.78 is 46.2. The van der Waals surface area contributed by atoms with Gasteiger partial charge in [-0.25, -0.2) is 0 Å². The predicted molar refractivity (Wildman–Crippen MR) is 162 cm³/mol. The summed E-state index contributed by atoms with van der Waals surface area (Å²) in [7, 11) is 5.54. The zero-order valence-corrected chi connectivity index (χ0v) is 26.3. The highest BCUT2D eigenvalue weighted by Crippen LogP contribution is 2.70. The van der Waals surface area contributed by atoms with Crippen molar-refractivity contribution in [2.75, 3.05) is 41.7 Å². The minimum absolute atomic E-state index is 0.0474. The van der Waals surface area contributed by atoms with Gasteiger partial charge in [-0.2, -0.15) is 0 Å². The van der Waals surface area contributed by atoms with E-state index in [1.807, 2.05) is 6.07 Å². The number of ether oxygens (including phenoxy) is 8. The smallest absolute Gasteiger partial charge is 0.312 e. The maximum Gasteiger partial charge on any atom is 0.312 e. The second-order valence-electron chi connectivity index (χ2n) is 11.6. The lowest BCUT2D eigenvalue weighted by Crippen LogP contribution is -2.52.